The third-order valence-corrected chi connectivity index (χ3v) is 5.96. The van der Waals surface area contributed by atoms with Crippen molar-refractivity contribution in [2.45, 2.75) is 83.3 Å². The predicted octanol–water partition coefficient (Wildman–Crippen LogP) is 2.95. The maximum absolute atomic E-state index is 9.54. The Morgan fingerprint density at radius 1 is 1.24 bits per heavy atom. The molecule has 1 saturated carbocycles. The first kappa shape index (κ1) is 18.9. The zero-order valence-electron chi connectivity index (χ0n) is 15.9. The van der Waals surface area contributed by atoms with E-state index in [9.17, 15) is 5.11 Å². The second-order valence-electron chi connectivity index (χ2n) is 7.89. The molecule has 0 spiro atoms. The minimum Gasteiger partial charge on any atom is -0.396 e. The number of rotatable bonds is 8. The molecule has 2 aliphatic rings. The number of nitrogens with one attached hydrogen (secondary N) is 1. The second kappa shape index (κ2) is 9.70. The molecule has 1 aliphatic heterocycles. The van der Waals surface area contributed by atoms with Crippen molar-refractivity contribution < 1.29 is 5.11 Å². The van der Waals surface area contributed by atoms with Gasteiger partial charge in [0.1, 0.15) is 5.82 Å². The summed E-state index contributed by atoms with van der Waals surface area (Å²) in [5, 5.41) is 9.54. The molecule has 0 amide bonds. The summed E-state index contributed by atoms with van der Waals surface area (Å²) < 4.78 is 0. The molecule has 0 unspecified atom stereocenters. The van der Waals surface area contributed by atoms with Crippen LogP contribution in [0.5, 0.6) is 0 Å². The number of hydrogen-bond acceptors (Lipinski definition) is 4. The van der Waals surface area contributed by atoms with E-state index in [0.29, 0.717) is 12.6 Å². The third kappa shape index (κ3) is 5.28. The van der Waals surface area contributed by atoms with Gasteiger partial charge in [0.05, 0.1) is 0 Å². The lowest BCUT2D eigenvalue weighted by atomic mass is 9.92. The number of piperazine rings is 1. The van der Waals surface area contributed by atoms with Gasteiger partial charge in [-0.05, 0) is 25.7 Å². The number of unbranched alkanes of at least 4 members (excludes halogenated alkanes) is 1. The number of hydrogen-bond donors (Lipinski definition) is 2. The summed E-state index contributed by atoms with van der Waals surface area (Å²) in [5.74, 6) is 1.13. The molecule has 2 heterocycles. The zero-order valence-corrected chi connectivity index (χ0v) is 15.9. The van der Waals surface area contributed by atoms with Crippen LogP contribution in [0.1, 0.15) is 69.8 Å². The van der Waals surface area contributed by atoms with Gasteiger partial charge in [0, 0.05) is 63.2 Å². The van der Waals surface area contributed by atoms with E-state index < -0.39 is 0 Å². The SMILES string of the molecule is CCCCc1ncc(CN2CCN(C3CCCCC3)[C@H](CCO)C2)[nH]1. The highest BCUT2D eigenvalue weighted by molar-refractivity contribution is 5.02. The van der Waals surface area contributed by atoms with Gasteiger partial charge in [-0.2, -0.15) is 0 Å². The number of aromatic nitrogens is 2. The van der Waals surface area contributed by atoms with Crippen LogP contribution >= 0.6 is 0 Å². The van der Waals surface area contributed by atoms with Crippen LogP contribution in [0, 0.1) is 0 Å². The van der Waals surface area contributed by atoms with E-state index in [2.05, 4.69) is 26.7 Å². The number of H-pyrrole nitrogens is 1. The van der Waals surface area contributed by atoms with Gasteiger partial charge in [-0.15, -0.1) is 0 Å². The monoisotopic (exact) mass is 348 g/mol. The fourth-order valence-corrected chi connectivity index (χ4v) is 4.58. The standard InChI is InChI=1S/C20H36N4O/c1-2-3-9-20-21-14-17(22-20)15-23-11-12-24(19(16-23)10-13-25)18-7-5-4-6-8-18/h14,18-19,25H,2-13,15-16H2,1H3,(H,21,22)/t19-/m1/s1. The van der Waals surface area contributed by atoms with Gasteiger partial charge in [0.15, 0.2) is 0 Å². The number of aromatic amines is 1. The molecule has 1 aromatic heterocycles. The van der Waals surface area contributed by atoms with Crippen molar-refractivity contribution in [1.82, 2.24) is 19.8 Å². The molecule has 5 heteroatoms. The highest BCUT2D eigenvalue weighted by atomic mass is 16.3. The Labute approximate surface area is 152 Å². The van der Waals surface area contributed by atoms with Crippen molar-refractivity contribution in [2.24, 2.45) is 0 Å². The maximum Gasteiger partial charge on any atom is 0.106 e. The van der Waals surface area contributed by atoms with Crippen molar-refractivity contribution in [2.75, 3.05) is 26.2 Å². The van der Waals surface area contributed by atoms with E-state index in [1.54, 1.807) is 0 Å². The van der Waals surface area contributed by atoms with Crippen molar-refractivity contribution in [3.63, 3.8) is 0 Å². The lowest BCUT2D eigenvalue weighted by Crippen LogP contribution is -2.56. The first-order valence-electron chi connectivity index (χ1n) is 10.4. The summed E-state index contributed by atoms with van der Waals surface area (Å²) in [7, 11) is 0. The number of imidazole rings is 1. The lowest BCUT2D eigenvalue weighted by molar-refractivity contribution is 0.0133. The Morgan fingerprint density at radius 3 is 2.84 bits per heavy atom. The number of aliphatic hydroxyl groups excluding tert-OH is 1. The van der Waals surface area contributed by atoms with Crippen LogP contribution in [-0.2, 0) is 13.0 Å². The van der Waals surface area contributed by atoms with Crippen LogP contribution in [0.3, 0.4) is 0 Å². The highest BCUT2D eigenvalue weighted by Crippen LogP contribution is 2.27. The van der Waals surface area contributed by atoms with Gasteiger partial charge in [-0.25, -0.2) is 4.98 Å². The average molecular weight is 349 g/mol. The Kier molecular flexibility index (Phi) is 7.32. The normalized spacial score (nSPS) is 24.0. The zero-order chi connectivity index (χ0) is 17.5. The summed E-state index contributed by atoms with van der Waals surface area (Å²) >= 11 is 0. The first-order valence-corrected chi connectivity index (χ1v) is 10.4. The molecule has 1 atom stereocenters. The van der Waals surface area contributed by atoms with E-state index in [1.165, 1.54) is 50.6 Å². The molecule has 2 fully saturated rings. The lowest BCUT2D eigenvalue weighted by Gasteiger charge is -2.46. The number of aryl methyl sites for hydroxylation is 1. The molecule has 142 valence electrons. The Morgan fingerprint density at radius 2 is 2.08 bits per heavy atom. The quantitative estimate of drug-likeness (QED) is 0.758. The molecule has 1 saturated heterocycles. The molecular weight excluding hydrogens is 312 g/mol. The Bertz CT molecular complexity index is 498. The van der Waals surface area contributed by atoms with Crippen LogP contribution in [0.4, 0.5) is 0 Å². The largest absolute Gasteiger partial charge is 0.396 e. The van der Waals surface area contributed by atoms with Crippen LogP contribution in [0.15, 0.2) is 6.20 Å². The molecule has 25 heavy (non-hydrogen) atoms. The maximum atomic E-state index is 9.54. The van der Waals surface area contributed by atoms with Crippen LogP contribution in [-0.4, -0.2) is 63.2 Å². The van der Waals surface area contributed by atoms with Gasteiger partial charge in [-0.1, -0.05) is 32.6 Å². The molecule has 0 aromatic carbocycles. The van der Waals surface area contributed by atoms with Crippen molar-refractivity contribution in [3.8, 4) is 0 Å². The average Bonchev–Trinajstić information content (AvgIpc) is 3.08. The summed E-state index contributed by atoms with van der Waals surface area (Å²) in [6, 6.07) is 1.25. The van der Waals surface area contributed by atoms with Gasteiger partial charge < -0.3 is 10.1 Å². The molecule has 1 aromatic rings. The smallest absolute Gasteiger partial charge is 0.106 e. The second-order valence-corrected chi connectivity index (χ2v) is 7.89. The van der Waals surface area contributed by atoms with Crippen molar-refractivity contribution in [1.29, 1.82) is 0 Å². The fourth-order valence-electron chi connectivity index (χ4n) is 4.58. The van der Waals surface area contributed by atoms with E-state index in [4.69, 9.17) is 0 Å². The minimum absolute atomic E-state index is 0.299. The van der Waals surface area contributed by atoms with E-state index in [1.807, 2.05) is 6.20 Å². The first-order chi connectivity index (χ1) is 12.3. The van der Waals surface area contributed by atoms with Crippen molar-refractivity contribution >= 4 is 0 Å². The summed E-state index contributed by atoms with van der Waals surface area (Å²) in [4.78, 5) is 13.3. The molecule has 5 nitrogen and oxygen atoms in total. The van der Waals surface area contributed by atoms with Gasteiger partial charge in [0.25, 0.3) is 0 Å². The van der Waals surface area contributed by atoms with Gasteiger partial charge in [-0.3, -0.25) is 9.80 Å². The van der Waals surface area contributed by atoms with Crippen LogP contribution in [0.25, 0.3) is 0 Å². The molecule has 0 bridgehead atoms. The van der Waals surface area contributed by atoms with E-state index in [-0.39, 0.29) is 0 Å². The van der Waals surface area contributed by atoms with E-state index >= 15 is 0 Å². The summed E-state index contributed by atoms with van der Waals surface area (Å²) in [6.07, 6.45) is 13.2. The number of aliphatic hydroxyl groups is 1. The van der Waals surface area contributed by atoms with Crippen LogP contribution < -0.4 is 0 Å². The molecule has 2 N–H and O–H groups in total. The summed E-state index contributed by atoms with van der Waals surface area (Å²) in [5.41, 5.74) is 1.24. The molecule has 1 aliphatic carbocycles. The number of nitrogens with zero attached hydrogens (tertiary/aromatic N) is 3. The minimum atomic E-state index is 0.299. The van der Waals surface area contributed by atoms with Crippen LogP contribution in [0.2, 0.25) is 0 Å². The molecular formula is C20H36N4O. The van der Waals surface area contributed by atoms with E-state index in [0.717, 1.165) is 50.9 Å². The fraction of sp³-hybridized carbons (Fsp3) is 0.850. The van der Waals surface area contributed by atoms with Gasteiger partial charge >= 0.3 is 0 Å². The van der Waals surface area contributed by atoms with Crippen molar-refractivity contribution in [3.05, 3.63) is 17.7 Å². The molecule has 0 radical (unpaired) electrons. The Hall–Kier alpha value is -0.910. The Balaban J connectivity index is 1.54. The third-order valence-electron chi connectivity index (χ3n) is 5.96. The van der Waals surface area contributed by atoms with Gasteiger partial charge in [0.2, 0.25) is 0 Å². The highest BCUT2D eigenvalue weighted by Gasteiger charge is 2.32. The molecule has 3 rings (SSSR count). The topological polar surface area (TPSA) is 55.4 Å². The predicted molar refractivity (Wildman–Crippen MR) is 102 cm³/mol. The summed E-state index contributed by atoms with van der Waals surface area (Å²) in [6.45, 7) is 6.82.